The predicted molar refractivity (Wildman–Crippen MR) is 75.9 cm³/mol. The Morgan fingerprint density at radius 2 is 2.16 bits per heavy atom. The van der Waals surface area contributed by atoms with Crippen LogP contribution in [0.4, 0.5) is 0 Å². The smallest absolute Gasteiger partial charge is 0.223 e. The van der Waals surface area contributed by atoms with Gasteiger partial charge < -0.3 is 10.6 Å². The Bertz CT molecular complexity index is 426. The minimum absolute atomic E-state index is 0.207. The fourth-order valence-electron chi connectivity index (χ4n) is 3.03. The van der Waals surface area contributed by atoms with Gasteiger partial charge in [0.25, 0.3) is 0 Å². The highest BCUT2D eigenvalue weighted by atomic mass is 16.2. The van der Waals surface area contributed by atoms with Gasteiger partial charge >= 0.3 is 0 Å². The Morgan fingerprint density at radius 3 is 2.89 bits per heavy atom. The summed E-state index contributed by atoms with van der Waals surface area (Å²) in [5.41, 5.74) is 1.31. The van der Waals surface area contributed by atoms with Crippen LogP contribution in [0, 0.1) is 11.8 Å². The number of nitrogens with one attached hydrogen (secondary N) is 2. The van der Waals surface area contributed by atoms with E-state index >= 15 is 0 Å². The molecule has 2 N–H and O–H groups in total. The summed E-state index contributed by atoms with van der Waals surface area (Å²) < 4.78 is 0. The lowest BCUT2D eigenvalue weighted by Gasteiger charge is -2.22. The Morgan fingerprint density at radius 1 is 1.32 bits per heavy atom. The lowest BCUT2D eigenvalue weighted by molar-refractivity contribution is -0.122. The minimum atomic E-state index is 0.207. The molecule has 3 unspecified atom stereocenters. The van der Waals surface area contributed by atoms with E-state index in [0.717, 1.165) is 26.1 Å². The van der Waals surface area contributed by atoms with E-state index in [4.69, 9.17) is 0 Å². The third-order valence-corrected chi connectivity index (χ3v) is 4.32. The van der Waals surface area contributed by atoms with Crippen molar-refractivity contribution in [3.63, 3.8) is 0 Å². The first-order valence-corrected chi connectivity index (χ1v) is 7.38. The molecule has 1 heterocycles. The monoisotopic (exact) mass is 258 g/mol. The van der Waals surface area contributed by atoms with Crippen LogP contribution in [0.15, 0.2) is 30.3 Å². The number of hydrogen-bond donors (Lipinski definition) is 2. The molecule has 3 atom stereocenters. The van der Waals surface area contributed by atoms with Crippen molar-refractivity contribution in [2.24, 2.45) is 11.8 Å². The number of hydrogen-bond acceptors (Lipinski definition) is 2. The molecule has 3 heteroatoms. The van der Waals surface area contributed by atoms with Crippen LogP contribution >= 0.6 is 0 Å². The molecule has 1 saturated carbocycles. The molecule has 3 nitrogen and oxygen atoms in total. The molecular weight excluding hydrogens is 236 g/mol. The molecular formula is C16H22N2O. The summed E-state index contributed by atoms with van der Waals surface area (Å²) in [4.78, 5) is 12.1. The van der Waals surface area contributed by atoms with E-state index in [2.05, 4.69) is 34.9 Å². The van der Waals surface area contributed by atoms with Gasteiger partial charge in [-0.25, -0.2) is 0 Å². The zero-order valence-electron chi connectivity index (χ0n) is 11.3. The SMILES string of the molecule is O=C(NCC1CCCNC1)C1CC1c1ccccc1. The molecule has 0 radical (unpaired) electrons. The van der Waals surface area contributed by atoms with Gasteiger partial charge in [-0.1, -0.05) is 30.3 Å². The van der Waals surface area contributed by atoms with Gasteiger partial charge in [-0.3, -0.25) is 4.79 Å². The Kier molecular flexibility index (Phi) is 3.83. The van der Waals surface area contributed by atoms with Crippen LogP contribution in [0.3, 0.4) is 0 Å². The third-order valence-electron chi connectivity index (χ3n) is 4.32. The van der Waals surface area contributed by atoms with Gasteiger partial charge in [0.1, 0.15) is 0 Å². The summed E-state index contributed by atoms with van der Waals surface area (Å²) in [5, 5.41) is 6.52. The van der Waals surface area contributed by atoms with Crippen LogP contribution in [0.1, 0.15) is 30.7 Å². The number of piperidine rings is 1. The second-order valence-electron chi connectivity index (χ2n) is 5.82. The number of amides is 1. The predicted octanol–water partition coefficient (Wildman–Crippen LogP) is 1.91. The van der Waals surface area contributed by atoms with Gasteiger partial charge in [0.05, 0.1) is 0 Å². The summed E-state index contributed by atoms with van der Waals surface area (Å²) in [5.74, 6) is 1.52. The maximum Gasteiger partial charge on any atom is 0.223 e. The molecule has 19 heavy (non-hydrogen) atoms. The molecule has 1 aromatic carbocycles. The fourth-order valence-corrected chi connectivity index (χ4v) is 3.03. The maximum atomic E-state index is 12.1. The van der Waals surface area contributed by atoms with E-state index in [-0.39, 0.29) is 11.8 Å². The van der Waals surface area contributed by atoms with Crippen LogP contribution in [0.5, 0.6) is 0 Å². The van der Waals surface area contributed by atoms with Crippen molar-refractivity contribution < 1.29 is 4.79 Å². The highest BCUT2D eigenvalue weighted by molar-refractivity contribution is 5.82. The van der Waals surface area contributed by atoms with Gasteiger partial charge in [-0.15, -0.1) is 0 Å². The molecule has 2 aliphatic rings. The second kappa shape index (κ2) is 5.74. The van der Waals surface area contributed by atoms with Crippen molar-refractivity contribution in [3.05, 3.63) is 35.9 Å². The van der Waals surface area contributed by atoms with Crippen LogP contribution < -0.4 is 10.6 Å². The number of carbonyl (C=O) groups is 1. The fraction of sp³-hybridized carbons (Fsp3) is 0.562. The Hall–Kier alpha value is -1.35. The standard InChI is InChI=1S/C16H22N2O/c19-16(18-11-12-5-4-8-17-10-12)15-9-14(15)13-6-2-1-3-7-13/h1-3,6-7,12,14-15,17H,4-5,8-11H2,(H,18,19). The van der Waals surface area contributed by atoms with Gasteiger partial charge in [0.15, 0.2) is 0 Å². The topological polar surface area (TPSA) is 41.1 Å². The average molecular weight is 258 g/mol. The van der Waals surface area contributed by atoms with Crippen molar-refractivity contribution in [2.75, 3.05) is 19.6 Å². The van der Waals surface area contributed by atoms with Crippen molar-refractivity contribution in [1.82, 2.24) is 10.6 Å². The molecule has 1 aromatic rings. The van der Waals surface area contributed by atoms with Crippen LogP contribution in [-0.4, -0.2) is 25.5 Å². The van der Waals surface area contributed by atoms with Gasteiger partial charge in [-0.2, -0.15) is 0 Å². The largest absolute Gasteiger partial charge is 0.356 e. The molecule has 0 bridgehead atoms. The molecule has 1 amide bonds. The van der Waals surface area contributed by atoms with Crippen molar-refractivity contribution in [3.8, 4) is 0 Å². The summed E-state index contributed by atoms with van der Waals surface area (Å²) in [6.45, 7) is 3.01. The van der Waals surface area contributed by atoms with E-state index in [1.807, 2.05) is 6.07 Å². The molecule has 3 rings (SSSR count). The van der Waals surface area contributed by atoms with E-state index in [0.29, 0.717) is 11.8 Å². The zero-order valence-corrected chi connectivity index (χ0v) is 11.3. The summed E-state index contributed by atoms with van der Waals surface area (Å²) in [6.07, 6.45) is 3.48. The maximum absolute atomic E-state index is 12.1. The molecule has 1 aliphatic carbocycles. The summed E-state index contributed by atoms with van der Waals surface area (Å²) >= 11 is 0. The van der Waals surface area contributed by atoms with Crippen LogP contribution in [0.2, 0.25) is 0 Å². The zero-order chi connectivity index (χ0) is 13.1. The van der Waals surface area contributed by atoms with Gasteiger partial charge in [0.2, 0.25) is 5.91 Å². The minimum Gasteiger partial charge on any atom is -0.356 e. The van der Waals surface area contributed by atoms with E-state index in [1.165, 1.54) is 18.4 Å². The molecule has 0 spiro atoms. The second-order valence-corrected chi connectivity index (χ2v) is 5.82. The van der Waals surface area contributed by atoms with Crippen molar-refractivity contribution in [1.29, 1.82) is 0 Å². The van der Waals surface area contributed by atoms with E-state index in [1.54, 1.807) is 0 Å². The Labute approximate surface area is 114 Å². The van der Waals surface area contributed by atoms with Crippen LogP contribution in [0.25, 0.3) is 0 Å². The quantitative estimate of drug-likeness (QED) is 0.866. The first-order chi connectivity index (χ1) is 9.34. The molecule has 2 fully saturated rings. The molecule has 1 aliphatic heterocycles. The number of carbonyl (C=O) groups excluding carboxylic acids is 1. The normalized spacial score (nSPS) is 29.8. The van der Waals surface area contributed by atoms with Crippen LogP contribution in [-0.2, 0) is 4.79 Å². The third kappa shape index (κ3) is 3.16. The number of benzene rings is 1. The molecule has 1 saturated heterocycles. The Balaban J connectivity index is 1.45. The highest BCUT2D eigenvalue weighted by Crippen LogP contribution is 2.47. The average Bonchev–Trinajstić information content (AvgIpc) is 3.27. The van der Waals surface area contributed by atoms with Gasteiger partial charge in [-0.05, 0) is 49.8 Å². The number of rotatable bonds is 4. The highest BCUT2D eigenvalue weighted by Gasteiger charge is 2.43. The molecule has 102 valence electrons. The van der Waals surface area contributed by atoms with Gasteiger partial charge in [0, 0.05) is 12.5 Å². The summed E-state index contributed by atoms with van der Waals surface area (Å²) in [6, 6.07) is 10.4. The summed E-state index contributed by atoms with van der Waals surface area (Å²) in [7, 11) is 0. The first kappa shape index (κ1) is 12.7. The first-order valence-electron chi connectivity index (χ1n) is 7.38. The van der Waals surface area contributed by atoms with Crippen molar-refractivity contribution in [2.45, 2.75) is 25.2 Å². The van der Waals surface area contributed by atoms with Crippen molar-refractivity contribution >= 4 is 5.91 Å². The van der Waals surface area contributed by atoms with E-state index < -0.39 is 0 Å². The lowest BCUT2D eigenvalue weighted by atomic mass is 10.00. The van der Waals surface area contributed by atoms with E-state index in [9.17, 15) is 4.79 Å². The molecule has 0 aromatic heterocycles. The lowest BCUT2D eigenvalue weighted by Crippen LogP contribution is -2.38.